The van der Waals surface area contributed by atoms with Gasteiger partial charge in [0.15, 0.2) is 10.8 Å². The van der Waals surface area contributed by atoms with Crippen LogP contribution < -0.4 is 11.1 Å². The van der Waals surface area contributed by atoms with Crippen molar-refractivity contribution in [2.75, 3.05) is 18.1 Å². The van der Waals surface area contributed by atoms with Crippen molar-refractivity contribution >= 4 is 69.6 Å². The average Bonchev–Trinajstić information content (AvgIpc) is 3.31. The molecule has 1 saturated heterocycles. The number of nitrogens with one attached hydrogen (secondary N) is 1. The summed E-state index contributed by atoms with van der Waals surface area (Å²) < 4.78 is 0. The first kappa shape index (κ1) is 26.4. The number of β-lactam (4-membered cyclic amide) rings is 1. The van der Waals surface area contributed by atoms with Crippen LogP contribution in [0.2, 0.25) is 0 Å². The summed E-state index contributed by atoms with van der Waals surface area (Å²) in [5, 5.41) is 19.3. The van der Waals surface area contributed by atoms with Crippen LogP contribution in [-0.2, 0) is 19.2 Å². The number of aliphatic carboxylic acids is 1. The molecule has 11 nitrogen and oxygen atoms in total. The number of carboxylic acid groups (broad SMARTS) is 1. The van der Waals surface area contributed by atoms with Gasteiger partial charge in [0.1, 0.15) is 29.4 Å². The fourth-order valence-electron chi connectivity index (χ4n) is 3.42. The fraction of sp³-hybridized carbons (Fsp3) is 0.217. The highest BCUT2D eigenvalue weighted by Crippen LogP contribution is 2.43. The zero-order chi connectivity index (χ0) is 26.5. The number of nitrogens with zero attached hydrogens (tertiary/aromatic N) is 4. The van der Waals surface area contributed by atoms with Crippen LogP contribution in [0, 0.1) is 6.92 Å². The third kappa shape index (κ3) is 5.87. The first-order valence-corrected chi connectivity index (χ1v) is 13.6. The third-order valence-electron chi connectivity index (χ3n) is 5.16. The minimum Gasteiger partial charge on any atom is -0.477 e. The summed E-state index contributed by atoms with van der Waals surface area (Å²) >= 11 is 3.72. The third-order valence-corrected chi connectivity index (χ3v) is 8.19. The predicted molar refractivity (Wildman–Crippen MR) is 144 cm³/mol. The lowest BCUT2D eigenvalue weighted by Gasteiger charge is -2.49. The molecule has 2 aliphatic heterocycles. The number of carbonyl (C=O) groups excluding carboxylic acids is 2. The number of hydrogen-bond acceptors (Lipinski definition) is 11. The number of anilines is 1. The maximum Gasteiger partial charge on any atom is 0.353 e. The molecule has 2 aliphatic rings. The molecule has 1 fully saturated rings. The second-order valence-corrected chi connectivity index (χ2v) is 10.7. The predicted octanol–water partition coefficient (Wildman–Crippen LogP) is 2.44. The Kier molecular flexibility index (Phi) is 8.31. The zero-order valence-electron chi connectivity index (χ0n) is 19.5. The number of aromatic nitrogens is 2. The molecule has 0 saturated carbocycles. The highest BCUT2D eigenvalue weighted by molar-refractivity contribution is 8.08. The highest BCUT2D eigenvalue weighted by Gasteiger charge is 2.54. The molecule has 4 heterocycles. The first-order chi connectivity index (χ1) is 17.8. The van der Waals surface area contributed by atoms with Crippen molar-refractivity contribution in [3.8, 4) is 0 Å². The minimum absolute atomic E-state index is 0.0626. The molecule has 1 unspecified atom stereocenters. The molecule has 2 atom stereocenters. The van der Waals surface area contributed by atoms with Crippen LogP contribution in [0.15, 0.2) is 57.5 Å². The quantitative estimate of drug-likeness (QED) is 0.130. The summed E-state index contributed by atoms with van der Waals surface area (Å²) in [5.41, 5.74) is 7.40. The summed E-state index contributed by atoms with van der Waals surface area (Å²) in [6.07, 6.45) is 5.00. The van der Waals surface area contributed by atoms with E-state index in [1.165, 1.54) is 34.5 Å². The summed E-state index contributed by atoms with van der Waals surface area (Å²) in [6.45, 7) is 5.48. The van der Waals surface area contributed by atoms with Crippen LogP contribution >= 0.6 is 34.9 Å². The molecule has 4 N–H and O–H groups in total. The molecule has 2 aromatic rings. The van der Waals surface area contributed by atoms with Gasteiger partial charge in [-0.15, -0.1) is 23.1 Å². The highest BCUT2D eigenvalue weighted by atomic mass is 32.2. The number of hydrogen-bond donors (Lipinski definition) is 3. The number of nitrogens with two attached hydrogens (primary N) is 1. The van der Waals surface area contributed by atoms with Crippen molar-refractivity contribution in [1.82, 2.24) is 20.2 Å². The van der Waals surface area contributed by atoms with Crippen molar-refractivity contribution in [3.05, 3.63) is 69.3 Å². The maximum atomic E-state index is 13.0. The van der Waals surface area contributed by atoms with Crippen LogP contribution in [0.5, 0.6) is 0 Å². The number of oxime groups is 1. The van der Waals surface area contributed by atoms with Gasteiger partial charge in [-0.1, -0.05) is 35.6 Å². The Morgan fingerprint density at radius 3 is 2.92 bits per heavy atom. The number of aryl methyl sites for hydroxylation is 1. The van der Waals surface area contributed by atoms with Gasteiger partial charge < -0.3 is 21.0 Å². The van der Waals surface area contributed by atoms with E-state index in [1.807, 2.05) is 25.1 Å². The molecule has 4 rings (SSSR count). The van der Waals surface area contributed by atoms with E-state index < -0.39 is 29.2 Å². The number of carboxylic acids is 1. The SMILES string of the molecule is C=CCON=C(C(=O)NC1C(=O)N2C(C(=O)O)=C(SC=Cc3ccc(C)nc3)CS[C@@H]12)c1csc(N)n1. The van der Waals surface area contributed by atoms with E-state index in [9.17, 15) is 19.5 Å². The smallest absolute Gasteiger partial charge is 0.353 e. The summed E-state index contributed by atoms with van der Waals surface area (Å²) in [4.78, 5) is 53.2. The Morgan fingerprint density at radius 1 is 1.46 bits per heavy atom. The lowest BCUT2D eigenvalue weighted by atomic mass is 10.0. The van der Waals surface area contributed by atoms with E-state index in [2.05, 4.69) is 27.0 Å². The lowest BCUT2D eigenvalue weighted by molar-refractivity contribution is -0.150. The molecule has 37 heavy (non-hydrogen) atoms. The minimum atomic E-state index is -1.21. The molecule has 2 aromatic heterocycles. The molecular formula is C23H22N6O5S3. The molecule has 0 bridgehead atoms. The number of thioether (sulfide) groups is 2. The van der Waals surface area contributed by atoms with Gasteiger partial charge in [-0.2, -0.15) is 0 Å². The number of thiazole rings is 1. The van der Waals surface area contributed by atoms with Gasteiger partial charge in [-0.25, -0.2) is 9.78 Å². The van der Waals surface area contributed by atoms with E-state index in [4.69, 9.17) is 10.6 Å². The van der Waals surface area contributed by atoms with Crippen LogP contribution in [-0.4, -0.2) is 67.2 Å². The van der Waals surface area contributed by atoms with E-state index in [0.717, 1.165) is 22.6 Å². The van der Waals surface area contributed by atoms with E-state index >= 15 is 0 Å². The van der Waals surface area contributed by atoms with Gasteiger partial charge in [0.25, 0.3) is 11.8 Å². The fourth-order valence-corrected chi connectivity index (χ4v) is 6.32. The topological polar surface area (TPSA) is 160 Å². The Morgan fingerprint density at radius 2 is 2.27 bits per heavy atom. The van der Waals surface area contributed by atoms with Crippen LogP contribution in [0.1, 0.15) is 17.0 Å². The molecule has 0 aliphatic carbocycles. The molecule has 0 spiro atoms. The number of pyridine rings is 1. The Balaban J connectivity index is 1.48. The number of nitrogen functional groups attached to an aromatic ring is 1. The normalized spacial score (nSPS) is 19.4. The maximum absolute atomic E-state index is 13.0. The molecule has 0 aromatic carbocycles. The van der Waals surface area contributed by atoms with Gasteiger partial charge in [-0.3, -0.25) is 19.5 Å². The van der Waals surface area contributed by atoms with E-state index in [1.54, 1.807) is 17.0 Å². The largest absolute Gasteiger partial charge is 0.477 e. The summed E-state index contributed by atoms with van der Waals surface area (Å²) in [7, 11) is 0. The Labute approximate surface area is 224 Å². The standard InChI is InChI=1S/C23H22N6O5S3/c1-3-7-34-28-16(14-10-37-23(24)26-14)19(30)27-17-20(31)29-18(22(32)33)15(11-36-21(17)29)35-8-6-13-5-4-12(2)25-9-13/h3-6,8-10,17,21H,1,7,11H2,2H3,(H2,24,26)(H,27,30)(H,32,33)/t17?,21-/m0/s1. The van der Waals surface area contributed by atoms with Crippen molar-refractivity contribution in [2.45, 2.75) is 18.3 Å². The second-order valence-electron chi connectivity index (χ2n) is 7.69. The Bertz CT molecular complexity index is 1320. The monoisotopic (exact) mass is 558 g/mol. The van der Waals surface area contributed by atoms with Crippen LogP contribution in [0.4, 0.5) is 5.13 Å². The number of carbonyl (C=O) groups is 3. The number of rotatable bonds is 10. The zero-order valence-corrected chi connectivity index (χ0v) is 21.9. The average molecular weight is 559 g/mol. The van der Waals surface area contributed by atoms with Crippen molar-refractivity contribution in [2.24, 2.45) is 5.16 Å². The molecule has 0 radical (unpaired) electrons. The van der Waals surface area contributed by atoms with E-state index in [-0.39, 0.29) is 28.8 Å². The molecule has 14 heteroatoms. The molecule has 192 valence electrons. The van der Waals surface area contributed by atoms with Crippen LogP contribution in [0.3, 0.4) is 0 Å². The van der Waals surface area contributed by atoms with Crippen molar-refractivity contribution < 1.29 is 24.3 Å². The second kappa shape index (κ2) is 11.6. The van der Waals surface area contributed by atoms with Gasteiger partial charge in [0.05, 0.1) is 0 Å². The summed E-state index contributed by atoms with van der Waals surface area (Å²) in [6, 6.07) is 2.85. The van der Waals surface area contributed by atoms with Crippen LogP contribution in [0.25, 0.3) is 6.08 Å². The van der Waals surface area contributed by atoms with Gasteiger partial charge in [0, 0.05) is 27.9 Å². The van der Waals surface area contributed by atoms with Gasteiger partial charge in [-0.05, 0) is 30.0 Å². The van der Waals surface area contributed by atoms with Crippen molar-refractivity contribution in [3.63, 3.8) is 0 Å². The molecular weight excluding hydrogens is 536 g/mol. The van der Waals surface area contributed by atoms with E-state index in [0.29, 0.717) is 10.7 Å². The first-order valence-electron chi connectivity index (χ1n) is 10.8. The number of fused-ring (bicyclic) bond motifs is 1. The van der Waals surface area contributed by atoms with Gasteiger partial charge >= 0.3 is 5.97 Å². The van der Waals surface area contributed by atoms with Crippen molar-refractivity contribution in [1.29, 1.82) is 0 Å². The summed E-state index contributed by atoms with van der Waals surface area (Å²) in [5.74, 6) is -2.08. The number of amides is 2. The van der Waals surface area contributed by atoms with Gasteiger partial charge in [0.2, 0.25) is 0 Å². The Hall–Kier alpha value is -3.62. The molecule has 2 amide bonds. The lowest BCUT2D eigenvalue weighted by Crippen LogP contribution is -2.71.